The number of allylic oxidation sites excluding steroid dienone is 1. The van der Waals surface area contributed by atoms with E-state index in [0.29, 0.717) is 11.3 Å². The number of nitrogens with one attached hydrogen (secondary N) is 3. The molecule has 3 aromatic carbocycles. The third kappa shape index (κ3) is 4.97. The van der Waals surface area contributed by atoms with E-state index >= 15 is 0 Å². The van der Waals surface area contributed by atoms with Crippen molar-refractivity contribution in [3.8, 4) is 11.5 Å². The molecule has 15 heteroatoms. The Balaban J connectivity index is 1.33. The van der Waals surface area contributed by atoms with Crippen LogP contribution in [0.2, 0.25) is 0 Å². The molecule has 9 N–H and O–H groups in total. The van der Waals surface area contributed by atoms with Crippen LogP contribution < -0.4 is 31.3 Å². The summed E-state index contributed by atoms with van der Waals surface area (Å²) in [6, 6.07) is 14.4. The second-order valence-corrected chi connectivity index (χ2v) is 12.5. The molecule has 5 aliphatic rings. The van der Waals surface area contributed by atoms with E-state index in [1.807, 2.05) is 23.1 Å². The average molecular weight is 672 g/mol. The first-order chi connectivity index (χ1) is 23.6. The van der Waals surface area contributed by atoms with E-state index in [1.54, 1.807) is 24.3 Å². The number of ether oxygens (including phenoxy) is 3. The first kappa shape index (κ1) is 31.4. The van der Waals surface area contributed by atoms with Crippen LogP contribution in [-0.2, 0) is 14.3 Å². The van der Waals surface area contributed by atoms with E-state index in [9.17, 15) is 34.8 Å². The van der Waals surface area contributed by atoms with Crippen molar-refractivity contribution < 1.29 is 49.0 Å². The number of rotatable bonds is 2. The lowest BCUT2D eigenvalue weighted by atomic mass is 9.79. The van der Waals surface area contributed by atoms with Crippen LogP contribution in [0.15, 0.2) is 66.9 Å². The summed E-state index contributed by atoms with van der Waals surface area (Å²) < 4.78 is 17.8. The number of anilines is 1. The number of hydrogen-bond donors (Lipinski definition) is 8. The third-order valence-corrected chi connectivity index (χ3v) is 9.68. The number of aliphatic hydroxyl groups is 3. The molecule has 9 unspecified atom stereocenters. The minimum Gasteiger partial charge on any atom is -0.504 e. The topological polar surface area (TPSA) is 225 Å². The highest BCUT2D eigenvalue weighted by atomic mass is 16.7. The SMILES string of the molecule is NC1NC(=O)C2NCN(c3ccccc3C3C=COCC4OC(Oc5c3cc3c(c5O)C(=O)c5ccccc5C3=O)C(O)C(O)C4O)C2N1. The van der Waals surface area contributed by atoms with Crippen molar-refractivity contribution in [1.29, 1.82) is 0 Å². The number of carbonyl (C=O) groups excluding carboxylic acids is 3. The van der Waals surface area contributed by atoms with E-state index in [0.717, 1.165) is 0 Å². The summed E-state index contributed by atoms with van der Waals surface area (Å²) in [5.41, 5.74) is 7.47. The molecule has 3 aromatic rings. The molecule has 0 spiro atoms. The number of nitrogens with two attached hydrogens (primary N) is 1. The smallest absolute Gasteiger partial charge is 0.242 e. The van der Waals surface area contributed by atoms with Crippen molar-refractivity contribution in [3.05, 3.63) is 100 Å². The van der Waals surface area contributed by atoms with Crippen molar-refractivity contribution in [1.82, 2.24) is 16.0 Å². The van der Waals surface area contributed by atoms with Crippen LogP contribution in [0.25, 0.3) is 0 Å². The molecule has 1 aliphatic carbocycles. The fraction of sp³-hybridized carbons (Fsp3) is 0.324. The van der Waals surface area contributed by atoms with Crippen LogP contribution in [0.3, 0.4) is 0 Å². The Morgan fingerprint density at radius 1 is 0.878 bits per heavy atom. The lowest BCUT2D eigenvalue weighted by Gasteiger charge is -2.40. The van der Waals surface area contributed by atoms with Gasteiger partial charge in [-0.1, -0.05) is 42.5 Å². The maximum Gasteiger partial charge on any atom is 0.242 e. The molecule has 0 saturated carbocycles. The van der Waals surface area contributed by atoms with Gasteiger partial charge in [0.2, 0.25) is 12.2 Å². The first-order valence-electron chi connectivity index (χ1n) is 15.8. The van der Waals surface area contributed by atoms with E-state index in [2.05, 4.69) is 16.0 Å². The van der Waals surface area contributed by atoms with Gasteiger partial charge in [0.25, 0.3) is 0 Å². The normalized spacial score (nSPS) is 32.0. The highest BCUT2D eigenvalue weighted by molar-refractivity contribution is 6.29. The summed E-state index contributed by atoms with van der Waals surface area (Å²) in [7, 11) is 0. The van der Waals surface area contributed by atoms with Gasteiger partial charge in [-0.15, -0.1) is 0 Å². The van der Waals surface area contributed by atoms with E-state index in [-0.39, 0.29) is 52.7 Å². The molecule has 0 radical (unpaired) electrons. The molecule has 15 nitrogen and oxygen atoms in total. The summed E-state index contributed by atoms with van der Waals surface area (Å²) >= 11 is 0. The summed E-state index contributed by atoms with van der Waals surface area (Å²) in [4.78, 5) is 42.4. The highest BCUT2D eigenvalue weighted by Crippen LogP contribution is 2.48. The molecular weight excluding hydrogens is 638 g/mol. The molecule has 254 valence electrons. The lowest BCUT2D eigenvalue weighted by molar-refractivity contribution is -0.277. The summed E-state index contributed by atoms with van der Waals surface area (Å²) in [5, 5.41) is 53.2. The zero-order chi connectivity index (χ0) is 34.1. The summed E-state index contributed by atoms with van der Waals surface area (Å²) in [6.45, 7) is 0.0199. The molecule has 9 atom stereocenters. The second-order valence-electron chi connectivity index (χ2n) is 12.5. The molecule has 3 saturated heterocycles. The Bertz CT molecular complexity index is 1900. The maximum atomic E-state index is 13.9. The fourth-order valence-corrected chi connectivity index (χ4v) is 7.25. The Labute approximate surface area is 278 Å². The van der Waals surface area contributed by atoms with Gasteiger partial charge in [0, 0.05) is 33.9 Å². The number of para-hydroxylation sites is 1. The zero-order valence-corrected chi connectivity index (χ0v) is 25.7. The monoisotopic (exact) mass is 671 g/mol. The minimum absolute atomic E-state index is 0.0619. The molecule has 2 bridgehead atoms. The van der Waals surface area contributed by atoms with Gasteiger partial charge in [-0.2, -0.15) is 0 Å². The van der Waals surface area contributed by atoms with Gasteiger partial charge < -0.3 is 44.9 Å². The molecule has 49 heavy (non-hydrogen) atoms. The number of aliphatic hydroxyl groups excluding tert-OH is 3. The van der Waals surface area contributed by atoms with Gasteiger partial charge in [-0.05, 0) is 23.8 Å². The molecule has 3 fully saturated rings. The van der Waals surface area contributed by atoms with E-state index in [1.165, 1.54) is 24.5 Å². The largest absolute Gasteiger partial charge is 0.504 e. The Kier molecular flexibility index (Phi) is 7.64. The van der Waals surface area contributed by atoms with Crippen molar-refractivity contribution in [2.24, 2.45) is 5.73 Å². The first-order valence-corrected chi connectivity index (χ1v) is 15.8. The van der Waals surface area contributed by atoms with Crippen LogP contribution in [0, 0.1) is 0 Å². The molecule has 4 aliphatic heterocycles. The molecule has 0 aromatic heterocycles. The fourth-order valence-electron chi connectivity index (χ4n) is 7.25. The molecule has 1 amide bonds. The summed E-state index contributed by atoms with van der Waals surface area (Å²) in [6.07, 6.45) is -6.09. The minimum atomic E-state index is -1.77. The predicted octanol–water partition coefficient (Wildman–Crippen LogP) is -0.947. The second kappa shape index (κ2) is 11.9. The number of ketones is 2. The number of nitrogens with zero attached hydrogens (tertiary/aromatic N) is 1. The van der Waals surface area contributed by atoms with Gasteiger partial charge in [0.15, 0.2) is 23.1 Å². The molecule has 4 heterocycles. The number of phenolic OH excluding ortho intramolecular Hbond substituents is 1. The Hall–Kier alpha value is -4.87. The van der Waals surface area contributed by atoms with E-state index in [4.69, 9.17) is 19.9 Å². The Morgan fingerprint density at radius 2 is 1.61 bits per heavy atom. The number of amides is 1. The van der Waals surface area contributed by atoms with Crippen LogP contribution in [0.5, 0.6) is 11.5 Å². The average Bonchev–Trinajstić information content (AvgIpc) is 3.51. The van der Waals surface area contributed by atoms with Crippen molar-refractivity contribution in [3.63, 3.8) is 0 Å². The standard InChI is InChI=1S/C34H33N5O10/c35-34-37-31-23(32(46)38-34)36-13-39(31)20-8-4-3-5-15(20)14-9-10-47-12-21-26(42)28(44)29(45)33(48-21)49-30-18(14)11-19-22(27(30)43)25(41)17-7-2-1-6-16(17)24(19)40/h1-11,14,21,23,26,28-29,31,33-34,36-37,42-45H,12-13,35H2,(H,38,46). The van der Waals surface area contributed by atoms with E-state index < -0.39 is 72.4 Å². The number of fused-ring (bicyclic) bond motifs is 6. The van der Waals surface area contributed by atoms with Gasteiger partial charge in [0.05, 0.1) is 18.5 Å². The van der Waals surface area contributed by atoms with Gasteiger partial charge in [0.1, 0.15) is 49.5 Å². The number of carbonyl (C=O) groups is 3. The molecule has 8 rings (SSSR count). The number of aromatic hydroxyl groups is 1. The third-order valence-electron chi connectivity index (χ3n) is 9.68. The van der Waals surface area contributed by atoms with Crippen LogP contribution in [-0.4, -0.2) is 100 Å². The van der Waals surface area contributed by atoms with Crippen molar-refractivity contribution in [2.75, 3.05) is 18.2 Å². The quantitative estimate of drug-likeness (QED) is 0.129. The van der Waals surface area contributed by atoms with Gasteiger partial charge in [-0.25, -0.2) is 0 Å². The van der Waals surface area contributed by atoms with Crippen molar-refractivity contribution in [2.45, 2.75) is 55.1 Å². The zero-order valence-electron chi connectivity index (χ0n) is 25.7. The maximum absolute atomic E-state index is 13.9. The van der Waals surface area contributed by atoms with Gasteiger partial charge >= 0.3 is 0 Å². The lowest BCUT2D eigenvalue weighted by Crippen LogP contribution is -2.70. The Morgan fingerprint density at radius 3 is 2.41 bits per heavy atom. The molecular formula is C34H33N5O10. The van der Waals surface area contributed by atoms with Crippen molar-refractivity contribution >= 4 is 23.2 Å². The number of hydrogen-bond acceptors (Lipinski definition) is 14. The van der Waals surface area contributed by atoms with Crippen LogP contribution >= 0.6 is 0 Å². The van der Waals surface area contributed by atoms with Crippen LogP contribution in [0.1, 0.15) is 48.9 Å². The number of phenols is 1. The van der Waals surface area contributed by atoms with Gasteiger partial charge in [-0.3, -0.25) is 30.8 Å². The summed E-state index contributed by atoms with van der Waals surface area (Å²) in [5.74, 6) is -3.17. The predicted molar refractivity (Wildman–Crippen MR) is 169 cm³/mol. The number of benzene rings is 3. The highest BCUT2D eigenvalue weighted by Gasteiger charge is 2.48. The van der Waals surface area contributed by atoms with Crippen LogP contribution in [0.4, 0.5) is 5.69 Å².